The number of anilines is 1. The summed E-state index contributed by atoms with van der Waals surface area (Å²) in [6.07, 6.45) is 1.58. The van der Waals surface area contributed by atoms with Crippen molar-refractivity contribution in [3.8, 4) is 0 Å². The molecule has 8 heteroatoms. The van der Waals surface area contributed by atoms with Crippen molar-refractivity contribution in [2.24, 2.45) is 0 Å². The van der Waals surface area contributed by atoms with Crippen molar-refractivity contribution >= 4 is 58.1 Å². The van der Waals surface area contributed by atoms with Gasteiger partial charge in [0, 0.05) is 21.1 Å². The monoisotopic (exact) mass is 413 g/mol. The molecule has 1 aromatic heterocycles. The van der Waals surface area contributed by atoms with E-state index in [4.69, 9.17) is 46.4 Å². The lowest BCUT2D eigenvalue weighted by Crippen LogP contribution is -2.16. The van der Waals surface area contributed by atoms with Gasteiger partial charge < -0.3 is 5.32 Å². The molecule has 1 heterocycles. The number of aromatic nitrogens is 2. The summed E-state index contributed by atoms with van der Waals surface area (Å²) in [5.74, 6) is 0.128. The van der Waals surface area contributed by atoms with E-state index in [0.717, 1.165) is 5.56 Å². The van der Waals surface area contributed by atoms with Gasteiger partial charge in [0.2, 0.25) is 0 Å². The average Bonchev–Trinajstić information content (AvgIpc) is 2.99. The highest BCUT2D eigenvalue weighted by molar-refractivity contribution is 6.36. The van der Waals surface area contributed by atoms with Crippen LogP contribution in [-0.2, 0) is 6.54 Å². The van der Waals surface area contributed by atoms with E-state index >= 15 is 0 Å². The van der Waals surface area contributed by atoms with Gasteiger partial charge in [0.1, 0.15) is 5.82 Å². The topological polar surface area (TPSA) is 46.9 Å². The van der Waals surface area contributed by atoms with Gasteiger partial charge in [-0.1, -0.05) is 52.5 Å². The summed E-state index contributed by atoms with van der Waals surface area (Å²) in [6, 6.07) is 11.6. The van der Waals surface area contributed by atoms with Crippen LogP contribution in [0.1, 0.15) is 15.9 Å². The van der Waals surface area contributed by atoms with Crippen LogP contribution in [0.3, 0.4) is 0 Å². The molecular formula is C17H11Cl4N3O. The largest absolute Gasteiger partial charge is 0.307 e. The Labute approximate surface area is 164 Å². The van der Waals surface area contributed by atoms with Gasteiger partial charge in [0.25, 0.3) is 5.91 Å². The Kier molecular flexibility index (Phi) is 5.54. The van der Waals surface area contributed by atoms with Crippen LogP contribution in [0, 0.1) is 0 Å². The lowest BCUT2D eigenvalue weighted by atomic mass is 10.2. The zero-order chi connectivity index (χ0) is 18.0. The van der Waals surface area contributed by atoms with E-state index in [1.165, 1.54) is 6.07 Å². The van der Waals surface area contributed by atoms with Crippen LogP contribution in [0.25, 0.3) is 0 Å². The van der Waals surface area contributed by atoms with E-state index in [9.17, 15) is 4.79 Å². The minimum Gasteiger partial charge on any atom is -0.307 e. The van der Waals surface area contributed by atoms with Crippen molar-refractivity contribution in [2.75, 3.05) is 5.32 Å². The molecule has 0 aliphatic carbocycles. The molecule has 3 aromatic rings. The maximum absolute atomic E-state index is 12.5. The van der Waals surface area contributed by atoms with E-state index in [1.807, 2.05) is 6.07 Å². The van der Waals surface area contributed by atoms with E-state index in [-0.39, 0.29) is 11.5 Å². The maximum Gasteiger partial charge on any atom is 0.258 e. The van der Waals surface area contributed by atoms with Crippen molar-refractivity contribution in [2.45, 2.75) is 6.54 Å². The predicted molar refractivity (Wildman–Crippen MR) is 102 cm³/mol. The van der Waals surface area contributed by atoms with Crippen molar-refractivity contribution < 1.29 is 4.79 Å². The van der Waals surface area contributed by atoms with Gasteiger partial charge in [-0.3, -0.25) is 4.79 Å². The third kappa shape index (κ3) is 4.28. The molecular weight excluding hydrogens is 404 g/mol. The molecule has 1 amide bonds. The number of halogens is 4. The Morgan fingerprint density at radius 2 is 1.68 bits per heavy atom. The van der Waals surface area contributed by atoms with E-state index in [2.05, 4.69) is 10.4 Å². The van der Waals surface area contributed by atoms with Crippen LogP contribution < -0.4 is 5.32 Å². The van der Waals surface area contributed by atoms with Gasteiger partial charge in [0.05, 0.1) is 23.3 Å². The number of hydrogen-bond donors (Lipinski definition) is 1. The first kappa shape index (κ1) is 18.1. The van der Waals surface area contributed by atoms with Gasteiger partial charge in [-0.25, -0.2) is 4.68 Å². The normalized spacial score (nSPS) is 10.7. The Morgan fingerprint density at radius 3 is 2.44 bits per heavy atom. The Bertz CT molecular complexity index is 939. The Hall–Kier alpha value is -1.72. The quantitative estimate of drug-likeness (QED) is 0.586. The third-order valence-corrected chi connectivity index (χ3v) is 4.62. The number of rotatable bonds is 4. The van der Waals surface area contributed by atoms with Crippen LogP contribution in [0.2, 0.25) is 20.1 Å². The summed E-state index contributed by atoms with van der Waals surface area (Å²) in [7, 11) is 0. The fraction of sp³-hybridized carbons (Fsp3) is 0.0588. The molecule has 0 bridgehead atoms. The average molecular weight is 415 g/mol. The van der Waals surface area contributed by atoms with Crippen LogP contribution >= 0.6 is 46.4 Å². The minimum atomic E-state index is -0.378. The van der Waals surface area contributed by atoms with E-state index in [0.29, 0.717) is 32.5 Å². The van der Waals surface area contributed by atoms with Gasteiger partial charge in [-0.2, -0.15) is 5.10 Å². The molecule has 0 aliphatic heterocycles. The molecule has 0 saturated heterocycles. The Morgan fingerprint density at radius 1 is 0.960 bits per heavy atom. The first-order chi connectivity index (χ1) is 11.9. The molecule has 1 N–H and O–H groups in total. The summed E-state index contributed by atoms with van der Waals surface area (Å²) < 4.78 is 1.62. The maximum atomic E-state index is 12.5. The zero-order valence-corrected chi connectivity index (χ0v) is 15.7. The lowest BCUT2D eigenvalue weighted by molar-refractivity contribution is 0.102. The van der Waals surface area contributed by atoms with E-state index in [1.54, 1.807) is 41.2 Å². The summed E-state index contributed by atoms with van der Waals surface area (Å²) in [5, 5.41) is 8.81. The molecule has 0 fully saturated rings. The summed E-state index contributed by atoms with van der Waals surface area (Å²) in [6.45, 7) is 0.377. The number of nitrogens with zero attached hydrogens (tertiary/aromatic N) is 2. The summed E-state index contributed by atoms with van der Waals surface area (Å²) in [4.78, 5) is 12.5. The number of carbonyl (C=O) groups excluding carboxylic acids is 1. The van der Waals surface area contributed by atoms with E-state index < -0.39 is 0 Å². The predicted octanol–water partition coefficient (Wildman–Crippen LogP) is 5.80. The molecule has 0 saturated carbocycles. The fourth-order valence-electron chi connectivity index (χ4n) is 2.23. The lowest BCUT2D eigenvalue weighted by Gasteiger charge is -2.11. The highest BCUT2D eigenvalue weighted by atomic mass is 35.5. The van der Waals surface area contributed by atoms with Crippen molar-refractivity contribution in [1.82, 2.24) is 9.78 Å². The van der Waals surface area contributed by atoms with Gasteiger partial charge in [-0.15, -0.1) is 0 Å². The zero-order valence-electron chi connectivity index (χ0n) is 12.6. The van der Waals surface area contributed by atoms with Crippen LogP contribution in [0.5, 0.6) is 0 Å². The van der Waals surface area contributed by atoms with Crippen LogP contribution in [-0.4, -0.2) is 15.7 Å². The number of amides is 1. The molecule has 4 nitrogen and oxygen atoms in total. The molecule has 0 aliphatic rings. The second-order valence-corrected chi connectivity index (χ2v) is 6.88. The van der Waals surface area contributed by atoms with Gasteiger partial charge in [-0.05, 0) is 35.9 Å². The third-order valence-electron chi connectivity index (χ3n) is 3.47. The number of benzene rings is 2. The highest BCUT2D eigenvalue weighted by Gasteiger charge is 2.14. The van der Waals surface area contributed by atoms with Crippen molar-refractivity contribution in [1.29, 1.82) is 0 Å². The second kappa shape index (κ2) is 7.67. The molecule has 0 unspecified atom stereocenters. The van der Waals surface area contributed by atoms with Crippen LogP contribution in [0.15, 0.2) is 48.7 Å². The Balaban J connectivity index is 1.82. The van der Waals surface area contributed by atoms with Gasteiger partial charge in [0.15, 0.2) is 0 Å². The molecule has 0 spiro atoms. The molecule has 128 valence electrons. The number of nitrogens with one attached hydrogen (secondary N) is 1. The molecule has 25 heavy (non-hydrogen) atoms. The summed E-state index contributed by atoms with van der Waals surface area (Å²) >= 11 is 24.1. The second-order valence-electron chi connectivity index (χ2n) is 5.19. The number of carbonyl (C=O) groups is 1. The fourth-order valence-corrected chi connectivity index (χ4v) is 3.07. The van der Waals surface area contributed by atoms with Crippen molar-refractivity contribution in [3.05, 3.63) is 79.9 Å². The first-order valence-electron chi connectivity index (χ1n) is 7.16. The van der Waals surface area contributed by atoms with Crippen molar-refractivity contribution in [3.63, 3.8) is 0 Å². The molecule has 0 radical (unpaired) electrons. The number of hydrogen-bond acceptors (Lipinski definition) is 2. The highest BCUT2D eigenvalue weighted by Crippen LogP contribution is 2.24. The smallest absolute Gasteiger partial charge is 0.258 e. The summed E-state index contributed by atoms with van der Waals surface area (Å²) in [5.41, 5.74) is 1.11. The van der Waals surface area contributed by atoms with Crippen LogP contribution in [0.4, 0.5) is 5.82 Å². The molecule has 0 atom stereocenters. The minimum absolute atomic E-state index is 0.284. The molecule has 2 aromatic carbocycles. The van der Waals surface area contributed by atoms with Gasteiger partial charge >= 0.3 is 0 Å². The SMILES string of the molecule is O=C(Nc1ccnn1Cc1ccc(Cl)cc1Cl)c1cc(Cl)ccc1Cl. The first-order valence-corrected chi connectivity index (χ1v) is 8.67. The molecule has 3 rings (SSSR count). The standard InChI is InChI=1S/C17H11Cl4N3O/c18-11-3-4-14(20)13(7-11)17(25)23-16-5-6-22-24(16)9-10-1-2-12(19)8-15(10)21/h1-8H,9H2,(H,23,25).